The minimum atomic E-state index is -0.813. The number of aromatic nitrogens is 2. The van der Waals surface area contributed by atoms with Crippen LogP contribution >= 0.6 is 0 Å². The maximum absolute atomic E-state index is 12.7. The van der Waals surface area contributed by atoms with E-state index in [2.05, 4.69) is 10.4 Å². The van der Waals surface area contributed by atoms with E-state index < -0.39 is 11.9 Å². The number of carboxylic acid groups (broad SMARTS) is 1. The number of hydrogen-bond acceptors (Lipinski definition) is 3. The molecule has 150 valence electrons. The molecule has 1 aliphatic rings. The molecule has 1 saturated carbocycles. The summed E-state index contributed by atoms with van der Waals surface area (Å²) in [6.45, 7) is 4.65. The summed E-state index contributed by atoms with van der Waals surface area (Å²) in [5, 5.41) is 17.0. The highest BCUT2D eigenvalue weighted by Gasteiger charge is 2.30. The second-order valence-electron chi connectivity index (χ2n) is 7.80. The Hall–Kier alpha value is -2.63. The Kier molecular flexibility index (Phi) is 6.49. The molecule has 1 heterocycles. The highest BCUT2D eigenvalue weighted by atomic mass is 16.4. The van der Waals surface area contributed by atoms with Crippen molar-refractivity contribution < 1.29 is 14.7 Å². The zero-order valence-corrected chi connectivity index (χ0v) is 16.6. The number of carbonyl (C=O) groups excluding carboxylic acids is 1. The average molecular weight is 383 g/mol. The topological polar surface area (TPSA) is 84.2 Å². The summed E-state index contributed by atoms with van der Waals surface area (Å²) in [7, 11) is 0. The van der Waals surface area contributed by atoms with Gasteiger partial charge in [0.15, 0.2) is 0 Å². The van der Waals surface area contributed by atoms with Crippen LogP contribution in [0.1, 0.15) is 65.8 Å². The first kappa shape index (κ1) is 20.1. The Bertz CT molecular complexity index is 826. The first-order valence-corrected chi connectivity index (χ1v) is 10.1. The zero-order valence-electron chi connectivity index (χ0n) is 16.6. The number of amides is 1. The number of rotatable bonds is 5. The highest BCUT2D eigenvalue weighted by molar-refractivity contribution is 5.94. The van der Waals surface area contributed by atoms with Crippen LogP contribution in [0.5, 0.6) is 0 Å². The molecule has 1 aromatic heterocycles. The second kappa shape index (κ2) is 9.04. The molecule has 0 radical (unpaired) electrons. The van der Waals surface area contributed by atoms with Crippen molar-refractivity contribution in [2.75, 3.05) is 0 Å². The molecule has 0 bridgehead atoms. The minimum Gasteiger partial charge on any atom is -0.481 e. The molecule has 6 heteroatoms. The summed E-state index contributed by atoms with van der Waals surface area (Å²) in [4.78, 5) is 24.3. The number of carboxylic acids is 1. The van der Waals surface area contributed by atoms with Gasteiger partial charge in [-0.15, -0.1) is 0 Å². The van der Waals surface area contributed by atoms with Gasteiger partial charge in [0.05, 0.1) is 18.2 Å². The van der Waals surface area contributed by atoms with E-state index in [1.165, 1.54) is 0 Å². The van der Waals surface area contributed by atoms with Crippen LogP contribution in [0.25, 0.3) is 0 Å². The van der Waals surface area contributed by atoms with E-state index in [-0.39, 0.29) is 11.9 Å². The maximum Gasteiger partial charge on any atom is 0.308 e. The van der Waals surface area contributed by atoms with Crippen LogP contribution in [0.3, 0.4) is 0 Å². The lowest BCUT2D eigenvalue weighted by atomic mass is 9.86. The van der Waals surface area contributed by atoms with Crippen LogP contribution in [0.2, 0.25) is 0 Å². The van der Waals surface area contributed by atoms with Gasteiger partial charge in [-0.2, -0.15) is 5.10 Å². The van der Waals surface area contributed by atoms with Crippen molar-refractivity contribution in [3.63, 3.8) is 0 Å². The standard InChI is InChI=1S/C22H29N3O3/c1-15-13-16(2)25(24-15)14-17-9-11-18(12-10-17)21(26)23-20-8-6-4-3-5-7-19(20)22(27)28/h9-13,19-20H,3-8,14H2,1-2H3,(H,23,26)(H,27,28). The molecule has 2 unspecified atom stereocenters. The number of hydrogen-bond donors (Lipinski definition) is 2. The van der Waals surface area contributed by atoms with Crippen molar-refractivity contribution in [1.82, 2.24) is 15.1 Å². The molecule has 2 aromatic rings. The molecule has 1 amide bonds. The second-order valence-corrected chi connectivity index (χ2v) is 7.80. The van der Waals surface area contributed by atoms with Crippen LogP contribution in [-0.2, 0) is 11.3 Å². The largest absolute Gasteiger partial charge is 0.481 e. The highest BCUT2D eigenvalue weighted by Crippen LogP contribution is 2.23. The van der Waals surface area contributed by atoms with Crippen molar-refractivity contribution in [2.24, 2.45) is 5.92 Å². The molecule has 3 rings (SSSR count). The molecule has 0 aliphatic heterocycles. The van der Waals surface area contributed by atoms with Crippen molar-refractivity contribution in [1.29, 1.82) is 0 Å². The Morgan fingerprint density at radius 2 is 1.79 bits per heavy atom. The summed E-state index contributed by atoms with van der Waals surface area (Å²) in [5.74, 6) is -1.52. The number of nitrogens with zero attached hydrogens (tertiary/aromatic N) is 2. The van der Waals surface area contributed by atoms with Gasteiger partial charge in [0.1, 0.15) is 0 Å². The molecule has 2 N–H and O–H groups in total. The van der Waals surface area contributed by atoms with E-state index in [4.69, 9.17) is 0 Å². The molecule has 0 saturated heterocycles. The van der Waals surface area contributed by atoms with Gasteiger partial charge in [0, 0.05) is 17.3 Å². The molecule has 2 atom stereocenters. The molecule has 1 aliphatic carbocycles. The van der Waals surface area contributed by atoms with Gasteiger partial charge in [-0.25, -0.2) is 0 Å². The fraction of sp³-hybridized carbons (Fsp3) is 0.500. The average Bonchev–Trinajstić information content (AvgIpc) is 2.94. The van der Waals surface area contributed by atoms with Crippen LogP contribution in [-0.4, -0.2) is 32.8 Å². The summed E-state index contributed by atoms with van der Waals surface area (Å²) in [5.41, 5.74) is 3.71. The number of aryl methyl sites for hydroxylation is 2. The predicted octanol–water partition coefficient (Wildman–Crippen LogP) is 3.70. The maximum atomic E-state index is 12.7. The van der Waals surface area contributed by atoms with E-state index in [1.807, 2.05) is 36.7 Å². The molecule has 0 spiro atoms. The Labute approximate surface area is 166 Å². The summed E-state index contributed by atoms with van der Waals surface area (Å²) < 4.78 is 1.94. The molecular weight excluding hydrogens is 354 g/mol. The SMILES string of the molecule is Cc1cc(C)n(Cc2ccc(C(=O)NC3CCCCCCC3C(=O)O)cc2)n1. The fourth-order valence-electron chi connectivity index (χ4n) is 3.97. The zero-order chi connectivity index (χ0) is 20.1. The third-order valence-electron chi connectivity index (χ3n) is 5.55. The van der Waals surface area contributed by atoms with Crippen LogP contribution in [0.15, 0.2) is 30.3 Å². The first-order chi connectivity index (χ1) is 13.4. The lowest BCUT2D eigenvalue weighted by molar-refractivity contribution is -0.143. The third-order valence-corrected chi connectivity index (χ3v) is 5.55. The lowest BCUT2D eigenvalue weighted by Gasteiger charge is -2.27. The van der Waals surface area contributed by atoms with E-state index in [0.29, 0.717) is 18.5 Å². The number of benzene rings is 1. The smallest absolute Gasteiger partial charge is 0.308 e. The Morgan fingerprint density at radius 1 is 1.11 bits per heavy atom. The van der Waals surface area contributed by atoms with E-state index in [9.17, 15) is 14.7 Å². The minimum absolute atomic E-state index is 0.200. The van der Waals surface area contributed by atoms with Crippen molar-refractivity contribution in [3.05, 3.63) is 52.8 Å². The fourth-order valence-corrected chi connectivity index (χ4v) is 3.97. The van der Waals surface area contributed by atoms with Crippen molar-refractivity contribution >= 4 is 11.9 Å². The van der Waals surface area contributed by atoms with Gasteiger partial charge >= 0.3 is 5.97 Å². The van der Waals surface area contributed by atoms with Gasteiger partial charge in [-0.1, -0.05) is 37.8 Å². The van der Waals surface area contributed by atoms with Crippen LogP contribution < -0.4 is 5.32 Å². The Morgan fingerprint density at radius 3 is 2.39 bits per heavy atom. The molecule has 6 nitrogen and oxygen atoms in total. The quantitative estimate of drug-likeness (QED) is 0.824. The van der Waals surface area contributed by atoms with E-state index in [1.54, 1.807) is 12.1 Å². The van der Waals surface area contributed by atoms with Gasteiger partial charge in [-0.3, -0.25) is 14.3 Å². The number of nitrogens with one attached hydrogen (secondary N) is 1. The van der Waals surface area contributed by atoms with E-state index >= 15 is 0 Å². The lowest BCUT2D eigenvalue weighted by Crippen LogP contribution is -2.43. The van der Waals surface area contributed by atoms with Crippen molar-refractivity contribution in [3.8, 4) is 0 Å². The van der Waals surface area contributed by atoms with Gasteiger partial charge in [0.25, 0.3) is 5.91 Å². The molecule has 28 heavy (non-hydrogen) atoms. The predicted molar refractivity (Wildman–Crippen MR) is 107 cm³/mol. The summed E-state index contributed by atoms with van der Waals surface area (Å²) in [6, 6.07) is 9.19. The molecule has 1 fully saturated rings. The first-order valence-electron chi connectivity index (χ1n) is 10.1. The summed E-state index contributed by atoms with van der Waals surface area (Å²) in [6.07, 6.45) is 5.38. The van der Waals surface area contributed by atoms with E-state index in [0.717, 1.165) is 49.1 Å². The monoisotopic (exact) mass is 383 g/mol. The van der Waals surface area contributed by atoms with Crippen LogP contribution in [0.4, 0.5) is 0 Å². The van der Waals surface area contributed by atoms with Gasteiger partial charge in [0.2, 0.25) is 0 Å². The summed E-state index contributed by atoms with van der Waals surface area (Å²) >= 11 is 0. The van der Waals surface area contributed by atoms with Gasteiger partial charge < -0.3 is 10.4 Å². The molecular formula is C22H29N3O3. The third kappa shape index (κ3) is 5.00. The van der Waals surface area contributed by atoms with Gasteiger partial charge in [-0.05, 0) is 50.5 Å². The number of carbonyl (C=O) groups is 2. The Balaban J connectivity index is 1.66. The van der Waals surface area contributed by atoms with Crippen LogP contribution in [0, 0.1) is 19.8 Å². The number of aliphatic carboxylic acids is 1. The van der Waals surface area contributed by atoms with Crippen molar-refractivity contribution in [2.45, 2.75) is 65.0 Å². The molecule has 1 aromatic carbocycles. The normalized spacial score (nSPS) is 20.2.